The molecule has 12 heavy (non-hydrogen) atoms. The van der Waals surface area contributed by atoms with E-state index in [1.807, 2.05) is 0 Å². The lowest BCUT2D eigenvalue weighted by Crippen LogP contribution is -2.16. The van der Waals surface area contributed by atoms with Gasteiger partial charge >= 0.3 is 0 Å². The molecular formula is C11H18O. The van der Waals surface area contributed by atoms with Crippen molar-refractivity contribution >= 4 is 0 Å². The molecule has 0 heterocycles. The van der Waals surface area contributed by atoms with Crippen molar-refractivity contribution in [1.82, 2.24) is 0 Å². The lowest BCUT2D eigenvalue weighted by Gasteiger charge is -2.22. The molecule has 0 unspecified atom stereocenters. The lowest BCUT2D eigenvalue weighted by molar-refractivity contribution is 0.163. The number of rotatable bonds is 3. The van der Waals surface area contributed by atoms with Gasteiger partial charge in [-0.25, -0.2) is 0 Å². The monoisotopic (exact) mass is 166 g/mol. The standard InChI is InChI=1S/C11H18O/c1-2-11(12)7-10-6-8-3-4-9(10)5-8/h2,8-12H,1,3-7H2/t8-,9-,10-,11-/m1/s1. The third-order valence-electron chi connectivity index (χ3n) is 3.70. The first-order chi connectivity index (χ1) is 5.79. The predicted octanol–water partition coefficient (Wildman–Crippen LogP) is 2.36. The van der Waals surface area contributed by atoms with Gasteiger partial charge in [-0.15, -0.1) is 6.58 Å². The van der Waals surface area contributed by atoms with Gasteiger partial charge < -0.3 is 5.11 Å². The van der Waals surface area contributed by atoms with Crippen LogP contribution in [0.4, 0.5) is 0 Å². The Hall–Kier alpha value is -0.300. The number of hydrogen-bond acceptors (Lipinski definition) is 1. The Kier molecular flexibility index (Phi) is 2.22. The second-order valence-corrected chi connectivity index (χ2v) is 4.47. The van der Waals surface area contributed by atoms with Crippen LogP contribution in [0.3, 0.4) is 0 Å². The molecule has 1 N–H and O–H groups in total. The first kappa shape index (κ1) is 8.31. The first-order valence-electron chi connectivity index (χ1n) is 5.10. The van der Waals surface area contributed by atoms with Gasteiger partial charge in [0.1, 0.15) is 0 Å². The van der Waals surface area contributed by atoms with E-state index in [2.05, 4.69) is 6.58 Å². The fourth-order valence-electron chi connectivity index (χ4n) is 3.07. The summed E-state index contributed by atoms with van der Waals surface area (Å²) in [6.45, 7) is 3.61. The molecule has 1 heteroatoms. The minimum atomic E-state index is -0.255. The molecule has 2 fully saturated rings. The second kappa shape index (κ2) is 3.21. The van der Waals surface area contributed by atoms with Crippen LogP contribution < -0.4 is 0 Å². The molecule has 2 aliphatic rings. The van der Waals surface area contributed by atoms with E-state index in [1.54, 1.807) is 6.08 Å². The van der Waals surface area contributed by atoms with Crippen molar-refractivity contribution in [2.24, 2.45) is 17.8 Å². The van der Waals surface area contributed by atoms with Gasteiger partial charge in [0.15, 0.2) is 0 Å². The van der Waals surface area contributed by atoms with Crippen LogP contribution in [0.1, 0.15) is 32.1 Å². The SMILES string of the molecule is C=C[C@@H](O)C[C@H]1C[C@@H]2CC[C@@H]1C2. The van der Waals surface area contributed by atoms with Crippen LogP contribution in [0.5, 0.6) is 0 Å². The van der Waals surface area contributed by atoms with E-state index in [0.717, 1.165) is 24.2 Å². The van der Waals surface area contributed by atoms with E-state index in [9.17, 15) is 5.11 Å². The average Bonchev–Trinajstić information content (AvgIpc) is 2.64. The van der Waals surface area contributed by atoms with Crippen molar-refractivity contribution in [1.29, 1.82) is 0 Å². The highest BCUT2D eigenvalue weighted by molar-refractivity contribution is 4.92. The molecule has 0 radical (unpaired) electrons. The molecule has 4 atom stereocenters. The third-order valence-corrected chi connectivity index (χ3v) is 3.70. The quantitative estimate of drug-likeness (QED) is 0.638. The predicted molar refractivity (Wildman–Crippen MR) is 49.8 cm³/mol. The van der Waals surface area contributed by atoms with E-state index in [0.29, 0.717) is 0 Å². The zero-order chi connectivity index (χ0) is 8.55. The topological polar surface area (TPSA) is 20.2 Å². The van der Waals surface area contributed by atoms with Crippen molar-refractivity contribution < 1.29 is 5.11 Å². The van der Waals surface area contributed by atoms with E-state index in [-0.39, 0.29) is 6.10 Å². The molecule has 2 bridgehead atoms. The van der Waals surface area contributed by atoms with Crippen molar-refractivity contribution in [3.05, 3.63) is 12.7 Å². The van der Waals surface area contributed by atoms with Gasteiger partial charge in [-0.1, -0.05) is 12.5 Å². The zero-order valence-corrected chi connectivity index (χ0v) is 7.58. The summed E-state index contributed by atoms with van der Waals surface area (Å²) in [6.07, 6.45) is 8.06. The van der Waals surface area contributed by atoms with Crippen LogP contribution in [0.25, 0.3) is 0 Å². The smallest absolute Gasteiger partial charge is 0.0721 e. The van der Waals surface area contributed by atoms with Gasteiger partial charge in [0.2, 0.25) is 0 Å². The molecule has 0 spiro atoms. The molecular weight excluding hydrogens is 148 g/mol. The van der Waals surface area contributed by atoms with Crippen LogP contribution in [0.15, 0.2) is 12.7 Å². The summed E-state index contributed by atoms with van der Waals surface area (Å²) in [4.78, 5) is 0. The summed E-state index contributed by atoms with van der Waals surface area (Å²) in [7, 11) is 0. The van der Waals surface area contributed by atoms with Crippen molar-refractivity contribution in [3.63, 3.8) is 0 Å². The van der Waals surface area contributed by atoms with Crippen LogP contribution in [0.2, 0.25) is 0 Å². The van der Waals surface area contributed by atoms with Gasteiger partial charge in [-0.3, -0.25) is 0 Å². The van der Waals surface area contributed by atoms with Crippen LogP contribution in [-0.4, -0.2) is 11.2 Å². The molecule has 0 amide bonds. The Morgan fingerprint density at radius 2 is 2.25 bits per heavy atom. The number of aliphatic hydroxyl groups is 1. The van der Waals surface area contributed by atoms with E-state index in [1.165, 1.54) is 25.7 Å². The Balaban J connectivity index is 1.86. The highest BCUT2D eigenvalue weighted by atomic mass is 16.3. The summed E-state index contributed by atoms with van der Waals surface area (Å²) in [6, 6.07) is 0. The highest BCUT2D eigenvalue weighted by Gasteiger charge is 2.39. The number of hydrogen-bond donors (Lipinski definition) is 1. The second-order valence-electron chi connectivity index (χ2n) is 4.47. The summed E-state index contributed by atoms with van der Waals surface area (Å²) >= 11 is 0. The lowest BCUT2D eigenvalue weighted by atomic mass is 9.85. The minimum absolute atomic E-state index is 0.255. The van der Waals surface area contributed by atoms with Gasteiger partial charge in [-0.05, 0) is 43.4 Å². The fraction of sp³-hybridized carbons (Fsp3) is 0.818. The largest absolute Gasteiger partial charge is 0.389 e. The highest BCUT2D eigenvalue weighted by Crippen LogP contribution is 2.49. The molecule has 2 rings (SSSR count). The van der Waals surface area contributed by atoms with Gasteiger partial charge in [0.25, 0.3) is 0 Å². The maximum atomic E-state index is 9.43. The number of fused-ring (bicyclic) bond motifs is 2. The van der Waals surface area contributed by atoms with E-state index >= 15 is 0 Å². The van der Waals surface area contributed by atoms with Crippen LogP contribution in [-0.2, 0) is 0 Å². The molecule has 1 nitrogen and oxygen atoms in total. The van der Waals surface area contributed by atoms with Crippen LogP contribution in [0, 0.1) is 17.8 Å². The van der Waals surface area contributed by atoms with Crippen molar-refractivity contribution in [2.75, 3.05) is 0 Å². The van der Waals surface area contributed by atoms with Crippen molar-refractivity contribution in [2.45, 2.75) is 38.2 Å². The zero-order valence-electron chi connectivity index (χ0n) is 7.58. The molecule has 0 aromatic rings. The van der Waals surface area contributed by atoms with E-state index < -0.39 is 0 Å². The van der Waals surface area contributed by atoms with E-state index in [4.69, 9.17) is 0 Å². The molecule has 0 aromatic heterocycles. The Morgan fingerprint density at radius 3 is 2.75 bits per heavy atom. The molecule has 0 saturated heterocycles. The summed E-state index contributed by atoms with van der Waals surface area (Å²) in [5.74, 6) is 2.73. The third kappa shape index (κ3) is 1.42. The summed E-state index contributed by atoms with van der Waals surface area (Å²) in [5.41, 5.74) is 0. The summed E-state index contributed by atoms with van der Waals surface area (Å²) < 4.78 is 0. The normalized spacial score (nSPS) is 41.6. The minimum Gasteiger partial charge on any atom is -0.389 e. The first-order valence-corrected chi connectivity index (χ1v) is 5.10. The van der Waals surface area contributed by atoms with Crippen LogP contribution >= 0.6 is 0 Å². The fourth-order valence-corrected chi connectivity index (χ4v) is 3.07. The van der Waals surface area contributed by atoms with Gasteiger partial charge in [0, 0.05) is 0 Å². The molecule has 2 aliphatic carbocycles. The Labute approximate surface area is 74.5 Å². The molecule has 2 saturated carbocycles. The molecule has 0 aromatic carbocycles. The molecule has 68 valence electrons. The summed E-state index contributed by atoms with van der Waals surface area (Å²) in [5, 5.41) is 9.43. The van der Waals surface area contributed by atoms with Crippen molar-refractivity contribution in [3.8, 4) is 0 Å². The number of aliphatic hydroxyl groups excluding tert-OH is 1. The molecule has 0 aliphatic heterocycles. The average molecular weight is 166 g/mol. The van der Waals surface area contributed by atoms with Gasteiger partial charge in [-0.2, -0.15) is 0 Å². The maximum Gasteiger partial charge on any atom is 0.0721 e. The maximum absolute atomic E-state index is 9.43. The van der Waals surface area contributed by atoms with Gasteiger partial charge in [0.05, 0.1) is 6.10 Å². The Bertz CT molecular complexity index is 176. The Morgan fingerprint density at radius 1 is 1.42 bits per heavy atom.